The third-order valence-electron chi connectivity index (χ3n) is 3.34. The van der Waals surface area contributed by atoms with Gasteiger partial charge in [0.05, 0.1) is 11.6 Å². The molecule has 0 atom stereocenters. The van der Waals surface area contributed by atoms with Crippen molar-refractivity contribution in [3.05, 3.63) is 59.8 Å². The van der Waals surface area contributed by atoms with Crippen molar-refractivity contribution >= 4 is 0 Å². The molecule has 0 radical (unpaired) electrons. The second-order valence-electron chi connectivity index (χ2n) is 5.34. The highest BCUT2D eigenvalue weighted by Crippen LogP contribution is 2.28. The summed E-state index contributed by atoms with van der Waals surface area (Å²) in [7, 11) is 0. The molecule has 0 aliphatic carbocycles. The molecule has 6 nitrogen and oxygen atoms in total. The molecule has 3 rings (SSSR count). The summed E-state index contributed by atoms with van der Waals surface area (Å²) in [4.78, 5) is 4.22. The van der Waals surface area contributed by atoms with E-state index in [-0.39, 0.29) is 17.3 Å². The Morgan fingerprint density at radius 1 is 1.00 bits per heavy atom. The Balaban J connectivity index is 1.89. The molecular weight excluding hydrogens is 361 g/mol. The second-order valence-corrected chi connectivity index (χ2v) is 5.34. The zero-order valence-corrected chi connectivity index (χ0v) is 13.9. The van der Waals surface area contributed by atoms with E-state index < -0.39 is 12.1 Å². The molecule has 0 fully saturated rings. The molecule has 9 heteroatoms. The first-order valence-electron chi connectivity index (χ1n) is 7.59. The van der Waals surface area contributed by atoms with E-state index >= 15 is 0 Å². The van der Waals surface area contributed by atoms with Gasteiger partial charge in [-0.1, -0.05) is 12.1 Å². The molecule has 1 heterocycles. The summed E-state index contributed by atoms with van der Waals surface area (Å²) in [6.45, 7) is 1.63. The summed E-state index contributed by atoms with van der Waals surface area (Å²) in [5.74, 6) is 0.264. The van der Waals surface area contributed by atoms with Gasteiger partial charge in [0.1, 0.15) is 17.2 Å². The van der Waals surface area contributed by atoms with E-state index in [0.29, 0.717) is 17.0 Å². The van der Waals surface area contributed by atoms with E-state index in [4.69, 9.17) is 10.00 Å². The third-order valence-corrected chi connectivity index (χ3v) is 3.34. The Bertz CT molecular complexity index is 999. The number of benzene rings is 2. The van der Waals surface area contributed by atoms with Crippen molar-refractivity contribution in [3.63, 3.8) is 0 Å². The highest BCUT2D eigenvalue weighted by molar-refractivity contribution is 5.57. The van der Waals surface area contributed by atoms with Gasteiger partial charge in [0.15, 0.2) is 5.82 Å². The van der Waals surface area contributed by atoms with Gasteiger partial charge >= 0.3 is 6.36 Å². The van der Waals surface area contributed by atoms with Crippen LogP contribution in [0.2, 0.25) is 0 Å². The molecule has 0 aliphatic heterocycles. The van der Waals surface area contributed by atoms with Crippen LogP contribution in [-0.4, -0.2) is 21.5 Å². The Morgan fingerprint density at radius 3 is 2.41 bits per heavy atom. The number of aromatic nitrogens is 3. The van der Waals surface area contributed by atoms with Crippen LogP contribution in [0, 0.1) is 18.3 Å². The minimum Gasteiger partial charge on any atom is -0.437 e. The largest absolute Gasteiger partial charge is 0.573 e. The SMILES string of the molecule is Cc1nnc(-c2cccc(OC(F)(F)F)c2)nc1Oc1ccc(C#N)cc1. The minimum atomic E-state index is -4.80. The molecule has 0 N–H and O–H groups in total. The van der Waals surface area contributed by atoms with Gasteiger partial charge < -0.3 is 9.47 Å². The van der Waals surface area contributed by atoms with E-state index in [2.05, 4.69) is 19.9 Å². The fraction of sp³-hybridized carbons (Fsp3) is 0.111. The highest BCUT2D eigenvalue weighted by Gasteiger charge is 2.31. The summed E-state index contributed by atoms with van der Waals surface area (Å²) in [5, 5.41) is 16.6. The van der Waals surface area contributed by atoms with E-state index in [0.717, 1.165) is 6.07 Å². The van der Waals surface area contributed by atoms with Gasteiger partial charge in [-0.2, -0.15) is 10.2 Å². The predicted octanol–water partition coefficient (Wildman–Crippen LogP) is 4.41. The topological polar surface area (TPSA) is 80.9 Å². The Morgan fingerprint density at radius 2 is 1.74 bits per heavy atom. The van der Waals surface area contributed by atoms with Crippen molar-refractivity contribution in [2.24, 2.45) is 0 Å². The second kappa shape index (κ2) is 7.29. The van der Waals surface area contributed by atoms with Crippen molar-refractivity contribution in [2.75, 3.05) is 0 Å². The molecular formula is C18H11F3N4O2. The van der Waals surface area contributed by atoms with Crippen molar-refractivity contribution in [1.82, 2.24) is 15.2 Å². The highest BCUT2D eigenvalue weighted by atomic mass is 19.4. The number of hydrogen-bond acceptors (Lipinski definition) is 6. The quantitative estimate of drug-likeness (QED) is 0.675. The lowest BCUT2D eigenvalue weighted by molar-refractivity contribution is -0.274. The molecule has 2 aromatic carbocycles. The van der Waals surface area contributed by atoms with Crippen LogP contribution in [0.1, 0.15) is 11.3 Å². The molecule has 136 valence electrons. The van der Waals surface area contributed by atoms with Crippen molar-refractivity contribution in [2.45, 2.75) is 13.3 Å². The molecule has 0 bridgehead atoms. The third kappa shape index (κ3) is 4.70. The predicted molar refractivity (Wildman–Crippen MR) is 87.9 cm³/mol. The van der Waals surface area contributed by atoms with Crippen LogP contribution >= 0.6 is 0 Å². The van der Waals surface area contributed by atoms with Crippen LogP contribution < -0.4 is 9.47 Å². The zero-order chi connectivity index (χ0) is 19.4. The standard InChI is InChI=1S/C18H11F3N4O2/c1-11-17(26-14-7-5-12(10-22)6-8-14)23-16(25-24-11)13-3-2-4-15(9-13)27-18(19,20)21/h2-9H,1H3. The summed E-state index contributed by atoms with van der Waals surface area (Å²) in [5.41, 5.74) is 1.15. The van der Waals surface area contributed by atoms with Crippen LogP contribution in [0.15, 0.2) is 48.5 Å². The number of alkyl halides is 3. The summed E-state index contributed by atoms with van der Waals surface area (Å²) < 4.78 is 46.7. The molecule has 0 amide bonds. The van der Waals surface area contributed by atoms with Gasteiger partial charge in [0.2, 0.25) is 5.88 Å². The molecule has 1 aromatic heterocycles. The minimum absolute atomic E-state index is 0.0804. The molecule has 0 saturated carbocycles. The zero-order valence-electron chi connectivity index (χ0n) is 13.9. The maximum Gasteiger partial charge on any atom is 0.573 e. The fourth-order valence-electron chi connectivity index (χ4n) is 2.12. The van der Waals surface area contributed by atoms with E-state index in [1.54, 1.807) is 31.2 Å². The van der Waals surface area contributed by atoms with Crippen LogP contribution in [0.3, 0.4) is 0 Å². The summed E-state index contributed by atoms with van der Waals surface area (Å²) in [6, 6.07) is 13.6. The van der Waals surface area contributed by atoms with Crippen LogP contribution in [-0.2, 0) is 0 Å². The number of aryl methyl sites for hydroxylation is 1. The van der Waals surface area contributed by atoms with Gasteiger partial charge in [-0.05, 0) is 43.3 Å². The monoisotopic (exact) mass is 372 g/mol. The Hall–Kier alpha value is -3.67. The van der Waals surface area contributed by atoms with E-state index in [1.807, 2.05) is 6.07 Å². The van der Waals surface area contributed by atoms with E-state index in [9.17, 15) is 13.2 Å². The summed E-state index contributed by atoms with van der Waals surface area (Å²) in [6.07, 6.45) is -4.80. The van der Waals surface area contributed by atoms with Crippen LogP contribution in [0.5, 0.6) is 17.4 Å². The first kappa shape index (κ1) is 18.1. The lowest BCUT2D eigenvalue weighted by Gasteiger charge is -2.10. The average Bonchev–Trinajstić information content (AvgIpc) is 2.63. The fourth-order valence-corrected chi connectivity index (χ4v) is 2.12. The molecule has 27 heavy (non-hydrogen) atoms. The first-order valence-corrected chi connectivity index (χ1v) is 7.59. The average molecular weight is 372 g/mol. The van der Waals surface area contributed by atoms with Crippen molar-refractivity contribution in [1.29, 1.82) is 5.26 Å². The maximum atomic E-state index is 12.4. The van der Waals surface area contributed by atoms with Gasteiger partial charge in [0, 0.05) is 5.56 Å². The molecule has 0 spiro atoms. The van der Waals surface area contributed by atoms with Gasteiger partial charge in [0.25, 0.3) is 0 Å². The maximum absolute atomic E-state index is 12.4. The lowest BCUT2D eigenvalue weighted by atomic mass is 10.2. The number of nitriles is 1. The number of nitrogens with zero attached hydrogens (tertiary/aromatic N) is 4. The normalized spacial score (nSPS) is 10.9. The van der Waals surface area contributed by atoms with Crippen molar-refractivity contribution in [3.8, 4) is 34.8 Å². The Kier molecular flexibility index (Phi) is 4.90. The van der Waals surface area contributed by atoms with Crippen LogP contribution in [0.4, 0.5) is 13.2 Å². The van der Waals surface area contributed by atoms with Gasteiger partial charge in [-0.25, -0.2) is 0 Å². The molecule has 0 aliphatic rings. The number of rotatable bonds is 4. The Labute approximate surface area is 151 Å². The van der Waals surface area contributed by atoms with Crippen LogP contribution in [0.25, 0.3) is 11.4 Å². The van der Waals surface area contributed by atoms with Crippen molar-refractivity contribution < 1.29 is 22.6 Å². The smallest absolute Gasteiger partial charge is 0.437 e. The van der Waals surface area contributed by atoms with E-state index in [1.165, 1.54) is 18.2 Å². The number of ether oxygens (including phenoxy) is 2. The van der Waals surface area contributed by atoms with Gasteiger partial charge in [-0.15, -0.1) is 23.4 Å². The first-order chi connectivity index (χ1) is 12.8. The molecule has 3 aromatic rings. The molecule has 0 unspecified atom stereocenters. The number of hydrogen-bond donors (Lipinski definition) is 0. The van der Waals surface area contributed by atoms with Gasteiger partial charge in [-0.3, -0.25) is 0 Å². The summed E-state index contributed by atoms with van der Waals surface area (Å²) >= 11 is 0. The molecule has 0 saturated heterocycles. The lowest BCUT2D eigenvalue weighted by Crippen LogP contribution is -2.17. The number of halogens is 3.